The Bertz CT molecular complexity index is 357. The number of nitrogens with one attached hydrogen (secondary N) is 1. The molecule has 1 aromatic rings. The number of carbonyl (C=O) groups excluding carboxylic acids is 1. The molecule has 0 unspecified atom stereocenters. The topological polar surface area (TPSA) is 58.6 Å². The highest BCUT2D eigenvalue weighted by atomic mass is 16.5. The lowest BCUT2D eigenvalue weighted by Crippen LogP contribution is -2.34. The summed E-state index contributed by atoms with van der Waals surface area (Å²) >= 11 is 0. The van der Waals surface area contributed by atoms with Crippen LogP contribution in [0, 0.1) is 0 Å². The van der Waals surface area contributed by atoms with Gasteiger partial charge < -0.3 is 15.2 Å². The summed E-state index contributed by atoms with van der Waals surface area (Å²) in [4.78, 5) is 11.3. The molecule has 1 aromatic carbocycles. The van der Waals surface area contributed by atoms with Crippen molar-refractivity contribution in [1.29, 1.82) is 0 Å². The molecule has 1 atom stereocenters. The number of aliphatic hydroxyl groups excluding tert-OH is 1. The second kappa shape index (κ2) is 6.25. The Kier molecular flexibility index (Phi) is 4.97. The van der Waals surface area contributed by atoms with E-state index in [0.29, 0.717) is 5.75 Å². The smallest absolute Gasteiger partial charge is 0.258 e. The molecule has 1 amide bonds. The maximum atomic E-state index is 11.3. The molecule has 0 saturated heterocycles. The molecule has 94 valence electrons. The van der Waals surface area contributed by atoms with Crippen LogP contribution in [0.4, 0.5) is 0 Å². The van der Waals surface area contributed by atoms with Crippen LogP contribution >= 0.6 is 0 Å². The molecular weight excluding hydrogens is 218 g/mol. The van der Waals surface area contributed by atoms with Crippen molar-refractivity contribution in [1.82, 2.24) is 5.32 Å². The van der Waals surface area contributed by atoms with Crippen molar-refractivity contribution in [3.8, 4) is 5.75 Å². The first-order valence-corrected chi connectivity index (χ1v) is 5.69. The third kappa shape index (κ3) is 4.87. The van der Waals surface area contributed by atoms with Crippen molar-refractivity contribution in [3.63, 3.8) is 0 Å². The summed E-state index contributed by atoms with van der Waals surface area (Å²) < 4.78 is 5.31. The Morgan fingerprint density at radius 1 is 1.29 bits per heavy atom. The molecule has 0 heterocycles. The van der Waals surface area contributed by atoms with Crippen molar-refractivity contribution >= 4 is 5.91 Å². The summed E-state index contributed by atoms with van der Waals surface area (Å²) in [5.41, 5.74) is 0.823. The van der Waals surface area contributed by atoms with Crippen LogP contribution in [0.2, 0.25) is 0 Å². The number of amides is 1. The molecule has 0 bridgehead atoms. The van der Waals surface area contributed by atoms with E-state index in [1.54, 1.807) is 31.2 Å². The lowest BCUT2D eigenvalue weighted by Gasteiger charge is -2.10. The summed E-state index contributed by atoms with van der Waals surface area (Å²) in [6.07, 6.45) is -0.492. The van der Waals surface area contributed by atoms with Gasteiger partial charge in [0.1, 0.15) is 5.75 Å². The minimum atomic E-state index is -0.492. The van der Waals surface area contributed by atoms with Crippen molar-refractivity contribution in [2.75, 3.05) is 6.61 Å². The minimum absolute atomic E-state index is 0.00616. The van der Waals surface area contributed by atoms with Gasteiger partial charge in [-0.1, -0.05) is 12.1 Å². The zero-order chi connectivity index (χ0) is 12.8. The van der Waals surface area contributed by atoms with Crippen molar-refractivity contribution in [2.24, 2.45) is 0 Å². The molecule has 0 fully saturated rings. The zero-order valence-corrected chi connectivity index (χ0v) is 10.4. The third-order valence-corrected chi connectivity index (χ3v) is 2.18. The molecule has 0 aromatic heterocycles. The minimum Gasteiger partial charge on any atom is -0.484 e. The predicted octanol–water partition coefficient (Wildman–Crippen LogP) is 1.64. The molecule has 17 heavy (non-hydrogen) atoms. The fraction of sp³-hybridized carbons (Fsp3) is 0.462. The lowest BCUT2D eigenvalue weighted by atomic mass is 10.1. The largest absolute Gasteiger partial charge is 0.484 e. The van der Waals surface area contributed by atoms with Crippen molar-refractivity contribution < 1.29 is 14.6 Å². The summed E-state index contributed by atoms with van der Waals surface area (Å²) in [5.74, 6) is 0.480. The third-order valence-electron chi connectivity index (χ3n) is 2.18. The molecule has 0 aliphatic carbocycles. The number of aliphatic hydroxyl groups is 1. The van der Waals surface area contributed by atoms with E-state index in [-0.39, 0.29) is 18.6 Å². The highest BCUT2D eigenvalue weighted by molar-refractivity contribution is 5.77. The number of carbonyl (C=O) groups is 1. The average molecular weight is 237 g/mol. The molecular formula is C13H19NO3. The molecule has 0 aliphatic rings. The van der Waals surface area contributed by atoms with E-state index < -0.39 is 6.10 Å². The van der Waals surface area contributed by atoms with Gasteiger partial charge in [-0.15, -0.1) is 0 Å². The normalized spacial score (nSPS) is 12.3. The average Bonchev–Trinajstić information content (AvgIpc) is 2.26. The molecule has 0 saturated carbocycles. The summed E-state index contributed by atoms with van der Waals surface area (Å²) in [7, 11) is 0. The van der Waals surface area contributed by atoms with Crippen LogP contribution < -0.4 is 10.1 Å². The monoisotopic (exact) mass is 237 g/mol. The first-order chi connectivity index (χ1) is 7.99. The Morgan fingerprint density at radius 3 is 2.35 bits per heavy atom. The van der Waals surface area contributed by atoms with Crippen LogP contribution in [0.5, 0.6) is 5.75 Å². The lowest BCUT2D eigenvalue weighted by molar-refractivity contribution is -0.123. The van der Waals surface area contributed by atoms with E-state index in [1.165, 1.54) is 0 Å². The Balaban J connectivity index is 2.44. The summed E-state index contributed by atoms with van der Waals surface area (Å²) in [5, 5.41) is 12.1. The summed E-state index contributed by atoms with van der Waals surface area (Å²) in [6, 6.07) is 7.15. The second-order valence-corrected chi connectivity index (χ2v) is 4.26. The molecule has 0 spiro atoms. The Morgan fingerprint density at radius 2 is 1.88 bits per heavy atom. The molecule has 4 heteroatoms. The van der Waals surface area contributed by atoms with Gasteiger partial charge in [-0.3, -0.25) is 4.79 Å². The van der Waals surface area contributed by atoms with Gasteiger partial charge in [-0.05, 0) is 38.5 Å². The van der Waals surface area contributed by atoms with Gasteiger partial charge in [0.25, 0.3) is 5.91 Å². The SMILES string of the molecule is CC(C)NC(=O)COc1ccc([C@H](C)O)cc1. The van der Waals surface area contributed by atoms with E-state index in [1.807, 2.05) is 13.8 Å². The standard InChI is InChI=1S/C13H19NO3/c1-9(2)14-13(16)8-17-12-6-4-11(5-7-12)10(3)15/h4-7,9-10,15H,8H2,1-3H3,(H,14,16)/t10-/m0/s1. The first-order valence-electron chi connectivity index (χ1n) is 5.69. The quantitative estimate of drug-likeness (QED) is 0.818. The molecule has 0 aliphatic heterocycles. The van der Waals surface area contributed by atoms with E-state index in [2.05, 4.69) is 5.32 Å². The van der Waals surface area contributed by atoms with Gasteiger partial charge in [0.15, 0.2) is 6.61 Å². The molecule has 0 radical (unpaired) electrons. The van der Waals surface area contributed by atoms with Crippen LogP contribution in [0.1, 0.15) is 32.4 Å². The Labute approximate surface area is 102 Å². The van der Waals surface area contributed by atoms with Gasteiger partial charge in [-0.25, -0.2) is 0 Å². The fourth-order valence-corrected chi connectivity index (χ4v) is 1.36. The van der Waals surface area contributed by atoms with Gasteiger partial charge in [-0.2, -0.15) is 0 Å². The first kappa shape index (κ1) is 13.5. The van der Waals surface area contributed by atoms with Crippen LogP contribution in [0.3, 0.4) is 0 Å². The van der Waals surface area contributed by atoms with Gasteiger partial charge in [0.05, 0.1) is 6.10 Å². The Hall–Kier alpha value is -1.55. The fourth-order valence-electron chi connectivity index (χ4n) is 1.36. The van der Waals surface area contributed by atoms with Gasteiger partial charge in [0.2, 0.25) is 0 Å². The molecule has 1 rings (SSSR count). The van der Waals surface area contributed by atoms with Gasteiger partial charge in [0, 0.05) is 6.04 Å². The number of ether oxygens (including phenoxy) is 1. The van der Waals surface area contributed by atoms with E-state index in [9.17, 15) is 9.90 Å². The number of rotatable bonds is 5. The van der Waals surface area contributed by atoms with Gasteiger partial charge >= 0.3 is 0 Å². The number of benzene rings is 1. The number of hydrogen-bond acceptors (Lipinski definition) is 3. The molecule has 2 N–H and O–H groups in total. The summed E-state index contributed by atoms with van der Waals surface area (Å²) in [6.45, 7) is 5.50. The highest BCUT2D eigenvalue weighted by Gasteiger charge is 2.05. The van der Waals surface area contributed by atoms with E-state index in [0.717, 1.165) is 5.56 Å². The zero-order valence-electron chi connectivity index (χ0n) is 10.4. The van der Waals surface area contributed by atoms with Crippen LogP contribution in [-0.2, 0) is 4.79 Å². The van der Waals surface area contributed by atoms with E-state index >= 15 is 0 Å². The maximum absolute atomic E-state index is 11.3. The molecule has 4 nitrogen and oxygen atoms in total. The van der Waals surface area contributed by atoms with Crippen LogP contribution in [-0.4, -0.2) is 23.7 Å². The highest BCUT2D eigenvalue weighted by Crippen LogP contribution is 2.16. The predicted molar refractivity (Wildman–Crippen MR) is 65.8 cm³/mol. The van der Waals surface area contributed by atoms with Crippen LogP contribution in [0.25, 0.3) is 0 Å². The maximum Gasteiger partial charge on any atom is 0.258 e. The van der Waals surface area contributed by atoms with Crippen LogP contribution in [0.15, 0.2) is 24.3 Å². The van der Waals surface area contributed by atoms with Crippen molar-refractivity contribution in [2.45, 2.75) is 32.9 Å². The number of hydrogen-bond donors (Lipinski definition) is 2. The second-order valence-electron chi connectivity index (χ2n) is 4.26. The van der Waals surface area contributed by atoms with Crippen molar-refractivity contribution in [3.05, 3.63) is 29.8 Å². The van der Waals surface area contributed by atoms with E-state index in [4.69, 9.17) is 4.74 Å².